The van der Waals surface area contributed by atoms with Gasteiger partial charge in [0.15, 0.2) is 0 Å². The number of carbonyl (C=O) groups is 2. The lowest BCUT2D eigenvalue weighted by Crippen LogP contribution is -2.42. The largest absolute Gasteiger partial charge is 0.354 e. The number of rotatable bonds is 4. The van der Waals surface area contributed by atoms with E-state index in [9.17, 15) is 9.59 Å². The summed E-state index contributed by atoms with van der Waals surface area (Å²) in [6.45, 7) is 5.21. The van der Waals surface area contributed by atoms with Crippen LogP contribution >= 0.6 is 0 Å². The Labute approximate surface area is 72.5 Å². The molecule has 0 aromatic rings. The number of Topliss-reactive ketones (excluding diaryl/α,β-unsaturated/α-hetero) is 1. The van der Waals surface area contributed by atoms with E-state index in [4.69, 9.17) is 5.73 Å². The maximum Gasteiger partial charge on any atom is 0.222 e. The van der Waals surface area contributed by atoms with Gasteiger partial charge >= 0.3 is 0 Å². The minimum absolute atomic E-state index is 0.0656. The van der Waals surface area contributed by atoms with Gasteiger partial charge in [-0.25, -0.2) is 0 Å². The van der Waals surface area contributed by atoms with Gasteiger partial charge in [-0.15, -0.1) is 0 Å². The topological polar surface area (TPSA) is 72.2 Å². The van der Waals surface area contributed by atoms with Gasteiger partial charge < -0.3 is 11.1 Å². The summed E-state index contributed by atoms with van der Waals surface area (Å²) < 4.78 is 0. The molecule has 0 heterocycles. The van der Waals surface area contributed by atoms with Crippen molar-refractivity contribution >= 4 is 11.7 Å². The fourth-order valence-electron chi connectivity index (χ4n) is 0.558. The van der Waals surface area contributed by atoms with Gasteiger partial charge in [0.05, 0.1) is 6.04 Å². The number of nitrogens with two attached hydrogens (primary N) is 1. The maximum absolute atomic E-state index is 11.0. The minimum atomic E-state index is -0.576. The third-order valence-electron chi connectivity index (χ3n) is 1.54. The third kappa shape index (κ3) is 4.08. The second-order valence-electron chi connectivity index (χ2n) is 3.12. The molecule has 0 aliphatic carbocycles. The molecule has 0 rings (SSSR count). The van der Waals surface area contributed by atoms with Crippen LogP contribution in [0.15, 0.2) is 0 Å². The Balaban J connectivity index is 3.69. The molecule has 4 nitrogen and oxygen atoms in total. The Bertz CT molecular complexity index is 178. The van der Waals surface area contributed by atoms with E-state index in [2.05, 4.69) is 5.32 Å². The van der Waals surface area contributed by atoms with Gasteiger partial charge in [-0.05, 0) is 6.92 Å². The summed E-state index contributed by atoms with van der Waals surface area (Å²) in [5, 5.41) is 2.58. The highest BCUT2D eigenvalue weighted by Gasteiger charge is 2.11. The molecule has 0 aromatic carbocycles. The number of nitrogens with one attached hydrogen (secondary N) is 1. The molecule has 70 valence electrons. The van der Waals surface area contributed by atoms with Gasteiger partial charge in [0, 0.05) is 12.5 Å². The minimum Gasteiger partial charge on any atom is -0.354 e. The monoisotopic (exact) mass is 172 g/mol. The van der Waals surface area contributed by atoms with Crippen LogP contribution in [0.25, 0.3) is 0 Å². The normalized spacial score (nSPS) is 12.8. The number of ketones is 1. The lowest BCUT2D eigenvalue weighted by Gasteiger charge is -2.10. The molecular formula is C8H16N2O2. The molecule has 0 saturated carbocycles. The predicted molar refractivity (Wildman–Crippen MR) is 46.5 cm³/mol. The number of hydrogen-bond acceptors (Lipinski definition) is 3. The molecule has 0 radical (unpaired) electrons. The van der Waals surface area contributed by atoms with E-state index >= 15 is 0 Å². The standard InChI is InChI=1S/C8H16N2O2/c1-5(2)8(12)10-4-7(9)6(3)11/h5,7H,4,9H2,1-3H3,(H,10,12). The predicted octanol–water partition coefficient (Wildman–Crippen LogP) is -0.325. The van der Waals surface area contributed by atoms with Crippen LogP contribution in [0.5, 0.6) is 0 Å². The second-order valence-corrected chi connectivity index (χ2v) is 3.12. The van der Waals surface area contributed by atoms with E-state index in [1.807, 2.05) is 0 Å². The number of amides is 1. The average molecular weight is 172 g/mol. The summed E-state index contributed by atoms with van der Waals surface area (Å²) in [5.74, 6) is -0.255. The quantitative estimate of drug-likeness (QED) is 0.610. The van der Waals surface area contributed by atoms with Crippen LogP contribution in [-0.2, 0) is 9.59 Å². The SMILES string of the molecule is CC(=O)C(N)CNC(=O)C(C)C. The summed E-state index contributed by atoms with van der Waals surface area (Å²) in [6, 6.07) is -0.576. The molecule has 0 aromatic heterocycles. The van der Waals surface area contributed by atoms with Gasteiger partial charge in [0.1, 0.15) is 5.78 Å². The summed E-state index contributed by atoms with van der Waals surface area (Å²) in [7, 11) is 0. The Kier molecular flexibility index (Phi) is 4.51. The van der Waals surface area contributed by atoms with E-state index in [1.165, 1.54) is 6.92 Å². The fraction of sp³-hybridized carbons (Fsp3) is 0.750. The molecule has 0 saturated heterocycles. The van der Waals surface area contributed by atoms with Crippen LogP contribution < -0.4 is 11.1 Å². The molecule has 1 atom stereocenters. The smallest absolute Gasteiger partial charge is 0.222 e. The highest BCUT2D eigenvalue weighted by molar-refractivity contribution is 5.83. The molecule has 3 N–H and O–H groups in total. The van der Waals surface area contributed by atoms with E-state index in [0.717, 1.165) is 0 Å². The second kappa shape index (κ2) is 4.87. The molecule has 0 aliphatic heterocycles. The first-order valence-corrected chi connectivity index (χ1v) is 3.99. The van der Waals surface area contributed by atoms with E-state index in [1.54, 1.807) is 13.8 Å². The summed E-state index contributed by atoms with van der Waals surface area (Å²) in [6.07, 6.45) is 0. The first-order chi connectivity index (χ1) is 5.45. The molecule has 1 amide bonds. The van der Waals surface area contributed by atoms with Gasteiger partial charge in [-0.1, -0.05) is 13.8 Å². The summed E-state index contributed by atoms with van der Waals surface area (Å²) in [5.41, 5.74) is 5.40. The molecule has 1 unspecified atom stereocenters. The molecule has 0 fully saturated rings. The number of carbonyl (C=O) groups excluding carboxylic acids is 2. The van der Waals surface area contributed by atoms with Gasteiger partial charge in [-0.3, -0.25) is 9.59 Å². The van der Waals surface area contributed by atoms with Crippen molar-refractivity contribution in [3.8, 4) is 0 Å². The Morgan fingerprint density at radius 1 is 1.42 bits per heavy atom. The van der Waals surface area contributed by atoms with Crippen LogP contribution in [0.4, 0.5) is 0 Å². The number of hydrogen-bond donors (Lipinski definition) is 2. The Morgan fingerprint density at radius 3 is 2.25 bits per heavy atom. The zero-order chi connectivity index (χ0) is 9.72. The van der Waals surface area contributed by atoms with Crippen molar-refractivity contribution in [2.24, 2.45) is 11.7 Å². The first kappa shape index (κ1) is 11.1. The van der Waals surface area contributed by atoms with Crippen molar-refractivity contribution in [2.45, 2.75) is 26.8 Å². The van der Waals surface area contributed by atoms with Crippen molar-refractivity contribution in [1.82, 2.24) is 5.32 Å². The maximum atomic E-state index is 11.0. The molecule has 0 aliphatic rings. The molecule has 0 spiro atoms. The van der Waals surface area contributed by atoms with Gasteiger partial charge in [-0.2, -0.15) is 0 Å². The average Bonchev–Trinajstić information content (AvgIpc) is 1.98. The molecular weight excluding hydrogens is 156 g/mol. The highest BCUT2D eigenvalue weighted by atomic mass is 16.2. The lowest BCUT2D eigenvalue weighted by molar-refractivity contribution is -0.124. The van der Waals surface area contributed by atoms with E-state index < -0.39 is 6.04 Å². The Hall–Kier alpha value is -0.900. The summed E-state index contributed by atoms with van der Waals surface area (Å²) in [4.78, 5) is 21.6. The van der Waals surface area contributed by atoms with Crippen LogP contribution in [0.3, 0.4) is 0 Å². The zero-order valence-corrected chi connectivity index (χ0v) is 7.76. The van der Waals surface area contributed by atoms with Crippen LogP contribution in [-0.4, -0.2) is 24.3 Å². The van der Waals surface area contributed by atoms with E-state index in [0.29, 0.717) is 0 Å². The van der Waals surface area contributed by atoms with Crippen molar-refractivity contribution in [3.63, 3.8) is 0 Å². The van der Waals surface area contributed by atoms with Gasteiger partial charge in [0.25, 0.3) is 0 Å². The Morgan fingerprint density at radius 2 is 1.92 bits per heavy atom. The van der Waals surface area contributed by atoms with Crippen molar-refractivity contribution in [1.29, 1.82) is 0 Å². The van der Waals surface area contributed by atoms with Crippen molar-refractivity contribution < 1.29 is 9.59 Å². The van der Waals surface area contributed by atoms with Crippen LogP contribution in [0, 0.1) is 5.92 Å². The third-order valence-corrected chi connectivity index (χ3v) is 1.54. The van der Waals surface area contributed by atoms with Crippen molar-refractivity contribution in [3.05, 3.63) is 0 Å². The molecule has 12 heavy (non-hydrogen) atoms. The van der Waals surface area contributed by atoms with Gasteiger partial charge in [0.2, 0.25) is 5.91 Å². The zero-order valence-electron chi connectivity index (χ0n) is 7.76. The summed E-state index contributed by atoms with van der Waals surface area (Å²) >= 11 is 0. The highest BCUT2D eigenvalue weighted by Crippen LogP contribution is 1.90. The van der Waals surface area contributed by atoms with Crippen LogP contribution in [0.2, 0.25) is 0 Å². The fourth-order valence-corrected chi connectivity index (χ4v) is 0.558. The van der Waals surface area contributed by atoms with E-state index in [-0.39, 0.29) is 24.2 Å². The molecule has 4 heteroatoms. The first-order valence-electron chi connectivity index (χ1n) is 3.99. The van der Waals surface area contributed by atoms with Crippen LogP contribution in [0.1, 0.15) is 20.8 Å². The lowest BCUT2D eigenvalue weighted by atomic mass is 10.2. The molecule has 0 bridgehead atoms. The van der Waals surface area contributed by atoms with Crippen molar-refractivity contribution in [2.75, 3.05) is 6.54 Å².